The summed E-state index contributed by atoms with van der Waals surface area (Å²) in [5, 5.41) is 1.92. The molecule has 0 saturated carbocycles. The molecule has 106 valence electrons. The molecule has 0 atom stereocenters. The fourth-order valence-electron chi connectivity index (χ4n) is 1.06. The van der Waals surface area contributed by atoms with Gasteiger partial charge < -0.3 is 4.74 Å². The number of halogens is 3. The minimum Gasteiger partial charge on any atom is -0.444 e. The van der Waals surface area contributed by atoms with E-state index < -0.39 is 35.1 Å². The molecule has 2 N–H and O–H groups in total. The second kappa shape index (κ2) is 4.90. The predicted octanol–water partition coefficient (Wildman–Crippen LogP) is 2.14. The van der Waals surface area contributed by atoms with Gasteiger partial charge in [0, 0.05) is 6.07 Å². The number of aromatic nitrogens is 2. The summed E-state index contributed by atoms with van der Waals surface area (Å²) in [4.78, 5) is 27.4. The molecule has 0 aliphatic heterocycles. The van der Waals surface area contributed by atoms with Crippen molar-refractivity contribution in [3.63, 3.8) is 0 Å². The van der Waals surface area contributed by atoms with E-state index in [0.29, 0.717) is 6.07 Å². The second-order valence-corrected chi connectivity index (χ2v) is 4.60. The Hall–Kier alpha value is -2.06. The summed E-state index contributed by atoms with van der Waals surface area (Å²) in [5.74, 6) is -0.630. The number of anilines is 1. The van der Waals surface area contributed by atoms with E-state index in [1.807, 2.05) is 10.3 Å². The molecule has 0 saturated heterocycles. The molecule has 1 aromatic heterocycles. The van der Waals surface area contributed by atoms with Crippen LogP contribution in [0.25, 0.3) is 0 Å². The van der Waals surface area contributed by atoms with E-state index in [0.717, 1.165) is 0 Å². The van der Waals surface area contributed by atoms with Gasteiger partial charge in [0.05, 0.1) is 0 Å². The number of rotatable bonds is 1. The predicted molar refractivity (Wildman–Crippen MR) is 59.7 cm³/mol. The van der Waals surface area contributed by atoms with Crippen molar-refractivity contribution >= 4 is 12.0 Å². The van der Waals surface area contributed by atoms with Gasteiger partial charge in [-0.05, 0) is 20.8 Å². The molecule has 0 aliphatic rings. The number of hydrogen-bond acceptors (Lipinski definition) is 4. The normalized spacial score (nSPS) is 12.1. The number of H-pyrrole nitrogens is 1. The van der Waals surface area contributed by atoms with E-state index in [4.69, 9.17) is 4.74 Å². The zero-order valence-corrected chi connectivity index (χ0v) is 10.4. The molecule has 9 heteroatoms. The number of aromatic amines is 1. The summed E-state index contributed by atoms with van der Waals surface area (Å²) in [7, 11) is 0. The lowest BCUT2D eigenvalue weighted by atomic mass is 10.2. The molecule has 1 heterocycles. The maximum absolute atomic E-state index is 12.4. The molecule has 0 spiro atoms. The lowest BCUT2D eigenvalue weighted by Crippen LogP contribution is -2.29. The van der Waals surface area contributed by atoms with Gasteiger partial charge in [-0.15, -0.1) is 0 Å². The van der Waals surface area contributed by atoms with Crippen LogP contribution in [0.15, 0.2) is 10.9 Å². The number of ether oxygens (including phenoxy) is 1. The van der Waals surface area contributed by atoms with Crippen LogP contribution in [0.2, 0.25) is 0 Å². The van der Waals surface area contributed by atoms with Gasteiger partial charge in [-0.3, -0.25) is 15.1 Å². The van der Waals surface area contributed by atoms with Crippen LogP contribution in [0.5, 0.6) is 0 Å². The van der Waals surface area contributed by atoms with E-state index >= 15 is 0 Å². The molecule has 19 heavy (non-hydrogen) atoms. The number of amides is 1. The third kappa shape index (κ3) is 4.98. The van der Waals surface area contributed by atoms with Gasteiger partial charge >= 0.3 is 12.3 Å². The number of alkyl halides is 3. The highest BCUT2D eigenvalue weighted by Crippen LogP contribution is 2.26. The first-order valence-electron chi connectivity index (χ1n) is 5.16. The van der Waals surface area contributed by atoms with E-state index in [1.165, 1.54) is 0 Å². The van der Waals surface area contributed by atoms with Crippen molar-refractivity contribution in [2.75, 3.05) is 5.32 Å². The summed E-state index contributed by atoms with van der Waals surface area (Å²) in [6.45, 7) is 4.73. The Kier molecular flexibility index (Phi) is 3.87. The first-order chi connectivity index (χ1) is 8.47. The summed E-state index contributed by atoms with van der Waals surface area (Å²) < 4.78 is 42.0. The molecular weight excluding hydrogens is 267 g/mol. The van der Waals surface area contributed by atoms with E-state index in [9.17, 15) is 22.8 Å². The average molecular weight is 279 g/mol. The molecule has 1 aromatic rings. The maximum atomic E-state index is 12.4. The lowest BCUT2D eigenvalue weighted by molar-refractivity contribution is -0.141. The van der Waals surface area contributed by atoms with Gasteiger partial charge in [-0.2, -0.15) is 13.2 Å². The zero-order chi connectivity index (χ0) is 14.8. The van der Waals surface area contributed by atoms with Crippen molar-refractivity contribution in [2.45, 2.75) is 32.5 Å². The molecule has 0 unspecified atom stereocenters. The first kappa shape index (κ1) is 15.0. The fourth-order valence-corrected chi connectivity index (χ4v) is 1.06. The van der Waals surface area contributed by atoms with Crippen LogP contribution in [-0.2, 0) is 10.9 Å². The third-order valence-electron chi connectivity index (χ3n) is 1.65. The Balaban J connectivity index is 2.94. The Morgan fingerprint density at radius 2 is 1.95 bits per heavy atom. The molecule has 0 fully saturated rings. The molecule has 0 aliphatic carbocycles. The largest absolute Gasteiger partial charge is 0.444 e. The molecule has 1 rings (SSSR count). The van der Waals surface area contributed by atoms with Crippen molar-refractivity contribution in [2.24, 2.45) is 0 Å². The summed E-state index contributed by atoms with van der Waals surface area (Å²) in [6.07, 6.45) is -5.80. The van der Waals surface area contributed by atoms with E-state index in [-0.39, 0.29) is 0 Å². The Labute approximate surface area is 106 Å². The molecule has 0 aromatic carbocycles. The van der Waals surface area contributed by atoms with Crippen LogP contribution in [0.1, 0.15) is 26.5 Å². The topological polar surface area (TPSA) is 84.1 Å². The number of hydrogen-bond donors (Lipinski definition) is 2. The fraction of sp³-hybridized carbons (Fsp3) is 0.500. The van der Waals surface area contributed by atoms with Crippen LogP contribution >= 0.6 is 0 Å². The highest BCUT2D eigenvalue weighted by atomic mass is 19.4. The molecule has 0 radical (unpaired) electrons. The molecular formula is C10H12F3N3O3. The lowest BCUT2D eigenvalue weighted by Gasteiger charge is -2.19. The van der Waals surface area contributed by atoms with Crippen LogP contribution < -0.4 is 10.9 Å². The van der Waals surface area contributed by atoms with Crippen molar-refractivity contribution < 1.29 is 22.7 Å². The van der Waals surface area contributed by atoms with Crippen LogP contribution in [-0.4, -0.2) is 21.7 Å². The minimum atomic E-state index is -4.78. The maximum Gasteiger partial charge on any atom is 0.433 e. The smallest absolute Gasteiger partial charge is 0.433 e. The Morgan fingerprint density at radius 3 is 2.42 bits per heavy atom. The van der Waals surface area contributed by atoms with Gasteiger partial charge in [-0.25, -0.2) is 9.78 Å². The highest BCUT2D eigenvalue weighted by molar-refractivity contribution is 5.82. The van der Waals surface area contributed by atoms with Gasteiger partial charge in [-0.1, -0.05) is 0 Å². The van der Waals surface area contributed by atoms with Gasteiger partial charge in [0.1, 0.15) is 5.60 Å². The van der Waals surface area contributed by atoms with Crippen molar-refractivity contribution in [1.29, 1.82) is 0 Å². The molecule has 6 nitrogen and oxygen atoms in total. The number of carbonyl (C=O) groups is 1. The second-order valence-electron chi connectivity index (χ2n) is 4.60. The average Bonchev–Trinajstić information content (AvgIpc) is 2.11. The monoisotopic (exact) mass is 279 g/mol. The molecule has 0 bridgehead atoms. The Morgan fingerprint density at radius 1 is 1.37 bits per heavy atom. The van der Waals surface area contributed by atoms with Crippen LogP contribution in [0, 0.1) is 0 Å². The minimum absolute atomic E-state index is 0.292. The number of nitrogens with one attached hydrogen (secondary N) is 2. The number of carbonyl (C=O) groups excluding carboxylic acids is 1. The standard InChI is InChI=1S/C10H12F3N3O3/c1-9(2,3)19-8(18)16-7-14-5(10(11,12)13)4-6(17)15-7/h4H,1-3H3,(H2,14,15,16,17,18). The van der Waals surface area contributed by atoms with Crippen LogP contribution in [0.3, 0.4) is 0 Å². The summed E-state index contributed by atoms with van der Waals surface area (Å²) in [6, 6.07) is 0.292. The quantitative estimate of drug-likeness (QED) is 0.824. The van der Waals surface area contributed by atoms with Crippen molar-refractivity contribution in [1.82, 2.24) is 9.97 Å². The van der Waals surface area contributed by atoms with E-state index in [1.54, 1.807) is 20.8 Å². The Bertz CT molecular complexity index is 531. The van der Waals surface area contributed by atoms with Gasteiger partial charge in [0.25, 0.3) is 5.56 Å². The number of nitrogens with zero attached hydrogens (tertiary/aromatic N) is 1. The SMILES string of the molecule is CC(C)(C)OC(=O)Nc1nc(C(F)(F)F)cc(=O)[nH]1. The summed E-state index contributed by atoms with van der Waals surface area (Å²) in [5.41, 5.74) is -3.26. The van der Waals surface area contributed by atoms with Crippen LogP contribution in [0.4, 0.5) is 23.9 Å². The van der Waals surface area contributed by atoms with Crippen molar-refractivity contribution in [3.05, 3.63) is 22.1 Å². The zero-order valence-electron chi connectivity index (χ0n) is 10.4. The van der Waals surface area contributed by atoms with E-state index in [2.05, 4.69) is 4.98 Å². The molecule has 1 amide bonds. The highest BCUT2D eigenvalue weighted by Gasteiger charge is 2.33. The third-order valence-corrected chi connectivity index (χ3v) is 1.65. The van der Waals surface area contributed by atoms with Gasteiger partial charge in [0.15, 0.2) is 5.69 Å². The van der Waals surface area contributed by atoms with Gasteiger partial charge in [0.2, 0.25) is 5.95 Å². The van der Waals surface area contributed by atoms with Crippen molar-refractivity contribution in [3.8, 4) is 0 Å². The first-order valence-corrected chi connectivity index (χ1v) is 5.16. The summed E-state index contributed by atoms with van der Waals surface area (Å²) >= 11 is 0.